The molecule has 0 fully saturated rings. The minimum atomic E-state index is 0.584. The molecule has 0 saturated carbocycles. The van der Waals surface area contributed by atoms with Crippen molar-refractivity contribution in [2.75, 3.05) is 11.9 Å². The van der Waals surface area contributed by atoms with Crippen molar-refractivity contribution >= 4 is 36.5 Å². The van der Waals surface area contributed by atoms with Crippen molar-refractivity contribution in [1.29, 1.82) is 0 Å². The lowest BCUT2D eigenvalue weighted by Gasteiger charge is -2.09. The molecule has 19 heavy (non-hydrogen) atoms. The molecule has 0 radical (unpaired) electrons. The van der Waals surface area contributed by atoms with Crippen LogP contribution in [0.1, 0.15) is 5.56 Å². The SMILES string of the molecule is Bc1ccc(NC(=S)NCCc2cccnc2)nc1. The van der Waals surface area contributed by atoms with Crippen LogP contribution in [-0.2, 0) is 6.42 Å². The smallest absolute Gasteiger partial charge is 0.171 e. The maximum absolute atomic E-state index is 5.21. The van der Waals surface area contributed by atoms with E-state index in [1.165, 1.54) is 5.56 Å². The van der Waals surface area contributed by atoms with Gasteiger partial charge in [-0.3, -0.25) is 4.98 Å². The van der Waals surface area contributed by atoms with E-state index in [1.54, 1.807) is 12.4 Å². The molecule has 0 aliphatic heterocycles. The fourth-order valence-electron chi connectivity index (χ4n) is 1.57. The van der Waals surface area contributed by atoms with E-state index in [-0.39, 0.29) is 0 Å². The summed E-state index contributed by atoms with van der Waals surface area (Å²) in [7, 11) is 2.00. The van der Waals surface area contributed by atoms with Gasteiger partial charge in [0.2, 0.25) is 0 Å². The van der Waals surface area contributed by atoms with Gasteiger partial charge in [-0.05, 0) is 36.3 Å². The Hall–Kier alpha value is -1.95. The minimum Gasteiger partial charge on any atom is -0.362 e. The summed E-state index contributed by atoms with van der Waals surface area (Å²) in [5, 5.41) is 6.78. The molecule has 0 spiro atoms. The Morgan fingerprint density at radius 2 is 2.16 bits per heavy atom. The van der Waals surface area contributed by atoms with Gasteiger partial charge >= 0.3 is 0 Å². The van der Waals surface area contributed by atoms with Crippen LogP contribution in [0.25, 0.3) is 0 Å². The lowest BCUT2D eigenvalue weighted by atomic mass is 9.99. The van der Waals surface area contributed by atoms with Crippen molar-refractivity contribution in [3.05, 3.63) is 48.4 Å². The third-order valence-corrected chi connectivity index (χ3v) is 2.82. The normalized spacial score (nSPS) is 9.89. The monoisotopic (exact) mass is 270 g/mol. The van der Waals surface area contributed by atoms with E-state index in [4.69, 9.17) is 12.2 Å². The number of thiocarbonyl (C=S) groups is 1. The molecule has 6 heteroatoms. The van der Waals surface area contributed by atoms with Gasteiger partial charge in [0.05, 0.1) is 0 Å². The molecular formula is C13H15BN4S. The van der Waals surface area contributed by atoms with Gasteiger partial charge in [-0.15, -0.1) is 0 Å². The largest absolute Gasteiger partial charge is 0.362 e. The van der Waals surface area contributed by atoms with Crippen LogP contribution in [0.3, 0.4) is 0 Å². The Kier molecular flexibility index (Phi) is 4.86. The molecule has 0 unspecified atom stereocenters. The predicted octanol–water partition coefficient (Wildman–Crippen LogP) is 0.264. The van der Waals surface area contributed by atoms with E-state index in [9.17, 15) is 0 Å². The summed E-state index contributed by atoms with van der Waals surface area (Å²) in [6.07, 6.45) is 6.32. The van der Waals surface area contributed by atoms with Gasteiger partial charge in [0.15, 0.2) is 5.11 Å². The van der Waals surface area contributed by atoms with E-state index >= 15 is 0 Å². The summed E-state index contributed by atoms with van der Waals surface area (Å²) in [5.41, 5.74) is 2.31. The summed E-state index contributed by atoms with van der Waals surface area (Å²) in [5.74, 6) is 0.754. The van der Waals surface area contributed by atoms with Gasteiger partial charge < -0.3 is 10.6 Å². The molecule has 96 valence electrons. The highest BCUT2D eigenvalue weighted by Gasteiger charge is 1.98. The van der Waals surface area contributed by atoms with Crippen LogP contribution >= 0.6 is 12.2 Å². The first-order valence-corrected chi connectivity index (χ1v) is 6.51. The Morgan fingerprint density at radius 1 is 1.26 bits per heavy atom. The standard InChI is InChI=1S/C13H15BN4S/c14-11-3-4-12(17-9-11)18-13(19)16-7-5-10-2-1-6-15-8-10/h1-4,6,8-9H,5,7,14H2,(H2,16,17,18,19). The topological polar surface area (TPSA) is 49.8 Å². The van der Waals surface area contributed by atoms with Crippen LogP contribution in [0.2, 0.25) is 0 Å². The molecule has 0 saturated heterocycles. The van der Waals surface area contributed by atoms with E-state index in [0.717, 1.165) is 24.2 Å². The zero-order valence-electron chi connectivity index (χ0n) is 10.8. The van der Waals surface area contributed by atoms with Crippen LogP contribution in [0, 0.1) is 0 Å². The zero-order chi connectivity index (χ0) is 13.5. The Bertz CT molecular complexity index is 530. The first-order valence-electron chi connectivity index (χ1n) is 6.10. The Balaban J connectivity index is 1.74. The number of anilines is 1. The predicted molar refractivity (Wildman–Crippen MR) is 84.6 cm³/mol. The molecule has 0 aromatic carbocycles. The fraction of sp³-hybridized carbons (Fsp3) is 0.154. The molecule has 2 heterocycles. The molecule has 0 atom stereocenters. The zero-order valence-corrected chi connectivity index (χ0v) is 11.6. The number of aromatic nitrogens is 2. The summed E-state index contributed by atoms with van der Waals surface area (Å²) >= 11 is 5.21. The number of hydrogen-bond donors (Lipinski definition) is 2. The maximum Gasteiger partial charge on any atom is 0.171 e. The molecule has 4 nitrogen and oxygen atoms in total. The average molecular weight is 270 g/mol. The van der Waals surface area contributed by atoms with Crippen molar-refractivity contribution in [3.63, 3.8) is 0 Å². The number of pyridine rings is 2. The van der Waals surface area contributed by atoms with E-state index in [1.807, 2.05) is 38.3 Å². The lowest BCUT2D eigenvalue weighted by Crippen LogP contribution is -2.30. The van der Waals surface area contributed by atoms with Crippen molar-refractivity contribution < 1.29 is 0 Å². The van der Waals surface area contributed by atoms with E-state index < -0.39 is 0 Å². The summed E-state index contributed by atoms with van der Waals surface area (Å²) < 4.78 is 0. The summed E-state index contributed by atoms with van der Waals surface area (Å²) in [6, 6.07) is 7.88. The first kappa shape index (κ1) is 13.5. The van der Waals surface area contributed by atoms with E-state index in [0.29, 0.717) is 5.11 Å². The number of hydrogen-bond acceptors (Lipinski definition) is 3. The molecule has 2 aromatic heterocycles. The van der Waals surface area contributed by atoms with Crippen LogP contribution in [0.15, 0.2) is 42.9 Å². The molecule has 2 N–H and O–H groups in total. The third kappa shape index (κ3) is 4.67. The highest BCUT2D eigenvalue weighted by molar-refractivity contribution is 7.80. The van der Waals surface area contributed by atoms with Crippen LogP contribution < -0.4 is 16.1 Å². The number of nitrogens with one attached hydrogen (secondary N) is 2. The van der Waals surface area contributed by atoms with Crippen molar-refractivity contribution in [3.8, 4) is 0 Å². The van der Waals surface area contributed by atoms with Crippen LogP contribution in [0.4, 0.5) is 5.82 Å². The summed E-state index contributed by atoms with van der Waals surface area (Å²) in [4.78, 5) is 8.31. The van der Waals surface area contributed by atoms with Crippen LogP contribution in [-0.4, -0.2) is 29.5 Å². The molecule has 0 bridgehead atoms. The summed E-state index contributed by atoms with van der Waals surface area (Å²) in [6.45, 7) is 0.767. The third-order valence-electron chi connectivity index (χ3n) is 2.57. The fourth-order valence-corrected chi connectivity index (χ4v) is 1.78. The second-order valence-corrected chi connectivity index (χ2v) is 4.62. The molecular weight excluding hydrogens is 255 g/mol. The highest BCUT2D eigenvalue weighted by Crippen LogP contribution is 1.98. The minimum absolute atomic E-state index is 0.584. The van der Waals surface area contributed by atoms with Crippen molar-refractivity contribution in [2.24, 2.45) is 0 Å². The maximum atomic E-state index is 5.21. The van der Waals surface area contributed by atoms with Crippen LogP contribution in [0.5, 0.6) is 0 Å². The molecule has 0 aliphatic rings. The average Bonchev–Trinajstić information content (AvgIpc) is 2.43. The van der Waals surface area contributed by atoms with Crippen molar-refractivity contribution in [1.82, 2.24) is 15.3 Å². The number of nitrogens with zero attached hydrogens (tertiary/aromatic N) is 2. The second-order valence-electron chi connectivity index (χ2n) is 4.21. The van der Waals surface area contributed by atoms with Gasteiger partial charge in [0.25, 0.3) is 0 Å². The molecule has 2 aromatic rings. The molecule has 0 amide bonds. The lowest BCUT2D eigenvalue weighted by molar-refractivity contribution is 0.868. The van der Waals surface area contributed by atoms with Crippen molar-refractivity contribution in [2.45, 2.75) is 6.42 Å². The Morgan fingerprint density at radius 3 is 2.84 bits per heavy atom. The second kappa shape index (κ2) is 6.85. The van der Waals surface area contributed by atoms with Gasteiger partial charge in [-0.1, -0.05) is 17.6 Å². The number of rotatable bonds is 4. The van der Waals surface area contributed by atoms with Gasteiger partial charge in [0.1, 0.15) is 13.7 Å². The van der Waals surface area contributed by atoms with Gasteiger partial charge in [-0.2, -0.15) is 0 Å². The van der Waals surface area contributed by atoms with E-state index in [2.05, 4.69) is 20.6 Å². The molecule has 0 aliphatic carbocycles. The molecule has 2 rings (SSSR count). The van der Waals surface area contributed by atoms with Gasteiger partial charge in [0, 0.05) is 25.1 Å². The quantitative estimate of drug-likeness (QED) is 0.616. The highest BCUT2D eigenvalue weighted by atomic mass is 32.1. The van der Waals surface area contributed by atoms with Gasteiger partial charge in [-0.25, -0.2) is 4.98 Å². The first-order chi connectivity index (χ1) is 9.24. The Labute approximate surface area is 119 Å².